The number of aryl methyl sites for hydroxylation is 4. The van der Waals surface area contributed by atoms with E-state index < -0.39 is 0 Å². The zero-order valence-electron chi connectivity index (χ0n) is 21.4. The minimum atomic E-state index is 0.0246. The van der Waals surface area contributed by atoms with Gasteiger partial charge in [-0.1, -0.05) is 5.16 Å². The van der Waals surface area contributed by atoms with E-state index in [-0.39, 0.29) is 6.61 Å². The van der Waals surface area contributed by atoms with Crippen molar-refractivity contribution in [2.45, 2.75) is 46.1 Å². The molecule has 0 unspecified atom stereocenters. The zero-order valence-corrected chi connectivity index (χ0v) is 21.4. The molecule has 0 amide bonds. The fourth-order valence-corrected chi connectivity index (χ4v) is 3.68. The van der Waals surface area contributed by atoms with Crippen molar-refractivity contribution >= 4 is 0 Å². The lowest BCUT2D eigenvalue weighted by molar-refractivity contribution is 0.00373. The van der Waals surface area contributed by atoms with Crippen LogP contribution < -0.4 is 4.74 Å². The number of nitrogens with zero attached hydrogens (tertiary/aromatic N) is 5. The number of hydrogen-bond acceptors (Lipinski definition) is 10. The molecule has 0 aliphatic carbocycles. The van der Waals surface area contributed by atoms with Crippen LogP contribution in [0.4, 0.5) is 0 Å². The van der Waals surface area contributed by atoms with Crippen LogP contribution in [0.2, 0.25) is 0 Å². The summed E-state index contributed by atoms with van der Waals surface area (Å²) in [5.74, 6) is 2.40. The van der Waals surface area contributed by atoms with E-state index in [0.717, 1.165) is 59.6 Å². The largest absolute Gasteiger partial charge is 0.493 e. The maximum atomic E-state index is 8.61. The third-order valence-electron chi connectivity index (χ3n) is 5.38. The summed E-state index contributed by atoms with van der Waals surface area (Å²) in [5.41, 5.74) is 3.85. The van der Waals surface area contributed by atoms with Gasteiger partial charge in [0.2, 0.25) is 5.82 Å². The molecule has 0 saturated carbocycles. The molecule has 1 N–H and O–H groups in total. The van der Waals surface area contributed by atoms with E-state index in [0.29, 0.717) is 52.1 Å². The normalized spacial score (nSPS) is 11.3. The molecule has 0 bridgehead atoms. The van der Waals surface area contributed by atoms with Crippen LogP contribution in [0, 0.1) is 13.8 Å². The van der Waals surface area contributed by atoms with E-state index in [1.165, 1.54) is 4.80 Å². The second kappa shape index (κ2) is 15.3. The molecule has 1 aromatic carbocycles. The summed E-state index contributed by atoms with van der Waals surface area (Å²) in [5, 5.41) is 24.9. The Hall–Kier alpha value is -2.86. The Kier molecular flexibility index (Phi) is 11.8. The van der Waals surface area contributed by atoms with Gasteiger partial charge in [0.25, 0.3) is 0 Å². The topological polar surface area (TPSA) is 127 Å². The number of tetrazole rings is 1. The zero-order chi connectivity index (χ0) is 25.6. The van der Waals surface area contributed by atoms with Crippen LogP contribution in [0.25, 0.3) is 11.4 Å². The molecule has 11 nitrogen and oxygen atoms in total. The lowest BCUT2D eigenvalue weighted by Gasteiger charge is -2.13. The highest BCUT2D eigenvalue weighted by atomic mass is 16.5. The number of aliphatic hydroxyl groups excluding tert-OH is 1. The van der Waals surface area contributed by atoms with Gasteiger partial charge in [-0.2, -0.15) is 4.80 Å². The summed E-state index contributed by atoms with van der Waals surface area (Å²) >= 11 is 0. The molecule has 0 aliphatic rings. The first-order valence-corrected chi connectivity index (χ1v) is 12.3. The van der Waals surface area contributed by atoms with E-state index in [4.69, 9.17) is 28.6 Å². The van der Waals surface area contributed by atoms with E-state index in [2.05, 4.69) is 20.6 Å². The van der Waals surface area contributed by atoms with E-state index in [9.17, 15) is 0 Å². The summed E-state index contributed by atoms with van der Waals surface area (Å²) in [4.78, 5) is 1.45. The van der Waals surface area contributed by atoms with Crippen LogP contribution in [0.5, 0.6) is 5.75 Å². The van der Waals surface area contributed by atoms with Gasteiger partial charge in [-0.25, -0.2) is 0 Å². The molecule has 0 atom stereocenters. The summed E-state index contributed by atoms with van der Waals surface area (Å²) < 4.78 is 27.5. The van der Waals surface area contributed by atoms with Crippen LogP contribution >= 0.6 is 0 Å². The van der Waals surface area contributed by atoms with Crippen molar-refractivity contribution in [1.29, 1.82) is 0 Å². The number of aromatic nitrogens is 5. The van der Waals surface area contributed by atoms with Crippen molar-refractivity contribution in [3.63, 3.8) is 0 Å². The van der Waals surface area contributed by atoms with Crippen LogP contribution in [0.15, 0.2) is 22.7 Å². The van der Waals surface area contributed by atoms with Crippen LogP contribution in [0.3, 0.4) is 0 Å². The molecule has 0 saturated heterocycles. The Morgan fingerprint density at radius 3 is 2.31 bits per heavy atom. The van der Waals surface area contributed by atoms with Gasteiger partial charge in [-0.3, -0.25) is 0 Å². The maximum absolute atomic E-state index is 8.61. The molecule has 11 heteroatoms. The Morgan fingerprint density at radius 2 is 1.61 bits per heavy atom. The first-order chi connectivity index (χ1) is 17.6. The Morgan fingerprint density at radius 1 is 0.889 bits per heavy atom. The van der Waals surface area contributed by atoms with Gasteiger partial charge in [0.1, 0.15) is 17.2 Å². The monoisotopic (exact) mass is 503 g/mol. The van der Waals surface area contributed by atoms with Gasteiger partial charge in [0.05, 0.1) is 59.9 Å². The summed E-state index contributed by atoms with van der Waals surface area (Å²) in [6.45, 7) is 7.40. The van der Waals surface area contributed by atoms with Crippen molar-refractivity contribution in [3.05, 3.63) is 40.8 Å². The fraction of sp³-hybridized carbons (Fsp3) is 0.600. The Balaban J connectivity index is 1.26. The smallest absolute Gasteiger partial charge is 0.204 e. The summed E-state index contributed by atoms with van der Waals surface area (Å²) in [7, 11) is 1.75. The third-order valence-corrected chi connectivity index (χ3v) is 5.38. The molecule has 3 aromatic rings. The molecule has 198 valence electrons. The number of ether oxygens (including phenoxy) is 4. The van der Waals surface area contributed by atoms with Crippen molar-refractivity contribution < 1.29 is 28.6 Å². The van der Waals surface area contributed by atoms with Gasteiger partial charge in [0, 0.05) is 18.1 Å². The molecular weight excluding hydrogens is 466 g/mol. The molecule has 0 fully saturated rings. The summed E-state index contributed by atoms with van der Waals surface area (Å²) in [6.07, 6.45) is 3.83. The molecule has 0 spiro atoms. The molecule has 2 aromatic heterocycles. The number of rotatable bonds is 18. The minimum absolute atomic E-state index is 0.0246. The predicted molar refractivity (Wildman–Crippen MR) is 132 cm³/mol. The molecule has 2 heterocycles. The fourth-order valence-electron chi connectivity index (χ4n) is 3.68. The van der Waals surface area contributed by atoms with Gasteiger partial charge in [-0.05, 0) is 61.6 Å². The standard InChI is InChI=1S/C25H37N5O6/c1-19-15-21(25-26-29-30(3)27-25)16-20(2)24(19)35-9-6-4-5-7-23-17-22(28-36-23)18-34-14-13-33-12-11-32-10-8-31/h15-17,31H,4-14,18H2,1-3H3. The van der Waals surface area contributed by atoms with Crippen LogP contribution in [0.1, 0.15) is 41.8 Å². The van der Waals surface area contributed by atoms with Crippen molar-refractivity contribution in [2.24, 2.45) is 7.05 Å². The molecule has 0 aliphatic heterocycles. The first-order valence-electron chi connectivity index (χ1n) is 12.3. The molecule has 3 rings (SSSR count). The third kappa shape index (κ3) is 9.30. The quantitative estimate of drug-likeness (QED) is 0.259. The summed E-state index contributed by atoms with van der Waals surface area (Å²) in [6, 6.07) is 6.02. The Bertz CT molecular complexity index is 1010. The van der Waals surface area contributed by atoms with Crippen LogP contribution in [-0.2, 0) is 34.3 Å². The van der Waals surface area contributed by atoms with Gasteiger partial charge in [0.15, 0.2) is 0 Å². The number of benzene rings is 1. The average Bonchev–Trinajstić information content (AvgIpc) is 3.50. The minimum Gasteiger partial charge on any atom is -0.493 e. The lowest BCUT2D eigenvalue weighted by Crippen LogP contribution is -2.10. The van der Waals surface area contributed by atoms with Crippen molar-refractivity contribution in [3.8, 4) is 17.1 Å². The first kappa shape index (κ1) is 27.7. The average molecular weight is 504 g/mol. The highest BCUT2D eigenvalue weighted by Gasteiger charge is 2.11. The highest BCUT2D eigenvalue weighted by molar-refractivity contribution is 5.60. The second-order valence-corrected chi connectivity index (χ2v) is 8.49. The van der Waals surface area contributed by atoms with Gasteiger partial charge < -0.3 is 28.6 Å². The van der Waals surface area contributed by atoms with Crippen molar-refractivity contribution in [1.82, 2.24) is 25.4 Å². The predicted octanol–water partition coefficient (Wildman–Crippen LogP) is 2.82. The molecule has 36 heavy (non-hydrogen) atoms. The lowest BCUT2D eigenvalue weighted by atomic mass is 10.1. The second-order valence-electron chi connectivity index (χ2n) is 8.49. The van der Waals surface area contributed by atoms with E-state index in [1.54, 1.807) is 7.05 Å². The maximum Gasteiger partial charge on any atom is 0.204 e. The molecular formula is C25H37N5O6. The van der Waals surface area contributed by atoms with E-state index >= 15 is 0 Å². The number of unbranched alkanes of at least 4 members (excludes halogenated alkanes) is 2. The molecule has 0 radical (unpaired) electrons. The Labute approximate surface area is 211 Å². The van der Waals surface area contributed by atoms with E-state index in [1.807, 2.05) is 32.0 Å². The number of hydrogen-bond donors (Lipinski definition) is 1. The van der Waals surface area contributed by atoms with Gasteiger partial charge in [-0.15, -0.1) is 10.2 Å². The van der Waals surface area contributed by atoms with Crippen molar-refractivity contribution in [2.75, 3.05) is 46.2 Å². The van der Waals surface area contributed by atoms with Gasteiger partial charge >= 0.3 is 0 Å². The van der Waals surface area contributed by atoms with Crippen LogP contribution in [-0.4, -0.2) is 76.7 Å². The SMILES string of the molecule is Cc1cc(-c2nnn(C)n2)cc(C)c1OCCCCCc1cc(COCCOCCOCCO)no1. The highest BCUT2D eigenvalue weighted by Crippen LogP contribution is 2.28. The number of aliphatic hydroxyl groups is 1.